The van der Waals surface area contributed by atoms with E-state index in [1.165, 1.54) is 0 Å². The Kier molecular flexibility index (Phi) is 6.53. The Labute approximate surface area is 174 Å². The van der Waals surface area contributed by atoms with Crippen LogP contribution in [0.15, 0.2) is 23.8 Å². The van der Waals surface area contributed by atoms with Crippen LogP contribution >= 0.6 is 8.60 Å². The van der Waals surface area contributed by atoms with Gasteiger partial charge in [0.25, 0.3) is 0 Å². The molecule has 0 radical (unpaired) electrons. The highest BCUT2D eigenvalue weighted by molar-refractivity contribution is 7.39. The van der Waals surface area contributed by atoms with Gasteiger partial charge in [0.1, 0.15) is 6.61 Å². The van der Waals surface area contributed by atoms with Crippen molar-refractivity contribution in [1.82, 2.24) is 0 Å². The van der Waals surface area contributed by atoms with E-state index in [0.717, 1.165) is 24.8 Å². The van der Waals surface area contributed by atoms with Crippen LogP contribution in [-0.2, 0) is 14.1 Å². The van der Waals surface area contributed by atoms with Crippen molar-refractivity contribution in [2.24, 2.45) is 34.5 Å². The minimum Gasteiger partial charge on any atom is -0.393 e. The second-order valence-corrected chi connectivity index (χ2v) is 10.3. The first kappa shape index (κ1) is 22.8. The van der Waals surface area contributed by atoms with Gasteiger partial charge in [-0.1, -0.05) is 39.3 Å². The summed E-state index contributed by atoms with van der Waals surface area (Å²) in [6.07, 6.45) is 7.68. The molecular weight excluding hydrogens is 391 g/mol. The van der Waals surface area contributed by atoms with E-state index in [9.17, 15) is 14.7 Å². The lowest BCUT2D eigenvalue weighted by molar-refractivity contribution is -0.134. The van der Waals surface area contributed by atoms with Crippen molar-refractivity contribution in [2.45, 2.75) is 59.5 Å². The Hall–Kier alpha value is -0.910. The lowest BCUT2D eigenvalue weighted by atomic mass is 9.54. The van der Waals surface area contributed by atoms with Gasteiger partial charge in [-0.2, -0.15) is 0 Å². The maximum Gasteiger partial charge on any atom is 0.327 e. The Bertz CT molecular complexity index is 731. The second kappa shape index (κ2) is 8.32. The van der Waals surface area contributed by atoms with E-state index in [1.807, 2.05) is 13.0 Å². The van der Waals surface area contributed by atoms with E-state index < -0.39 is 14.7 Å². The van der Waals surface area contributed by atoms with Crippen LogP contribution in [0, 0.1) is 34.5 Å². The summed E-state index contributed by atoms with van der Waals surface area (Å²) >= 11 is 0. The van der Waals surface area contributed by atoms with Crippen LogP contribution in [0.3, 0.4) is 0 Å². The number of aliphatic hydroxyl groups excluding tert-OH is 1. The summed E-state index contributed by atoms with van der Waals surface area (Å²) in [5.74, 6) is 0.0416. The first-order valence-electron chi connectivity index (χ1n) is 10.5. The molecule has 0 aromatic carbocycles. The molecule has 0 bridgehead atoms. The number of hydrogen-bond acceptors (Lipinski definition) is 6. The van der Waals surface area contributed by atoms with Gasteiger partial charge in [0, 0.05) is 11.3 Å². The van der Waals surface area contributed by atoms with Gasteiger partial charge in [0.15, 0.2) is 11.6 Å². The molecule has 6 nitrogen and oxygen atoms in total. The fourth-order valence-electron chi connectivity index (χ4n) is 6.60. The fraction of sp³-hybridized carbons (Fsp3) is 0.727. The van der Waals surface area contributed by atoms with Gasteiger partial charge >= 0.3 is 8.60 Å². The highest BCUT2D eigenvalue weighted by Crippen LogP contribution is 2.62. The van der Waals surface area contributed by atoms with Crippen LogP contribution in [0.4, 0.5) is 0 Å². The normalized spacial score (nSPS) is 42.1. The lowest BCUT2D eigenvalue weighted by Gasteiger charge is -2.51. The molecule has 2 saturated carbocycles. The van der Waals surface area contributed by atoms with E-state index in [1.54, 1.807) is 12.2 Å². The van der Waals surface area contributed by atoms with Crippen LogP contribution in [0.25, 0.3) is 0 Å². The molecular formula is C22H33O6P. The highest BCUT2D eigenvalue weighted by atomic mass is 31.2. The lowest BCUT2D eigenvalue weighted by Crippen LogP contribution is -2.50. The summed E-state index contributed by atoms with van der Waals surface area (Å²) in [5, 5.41) is 11.2. The summed E-state index contributed by atoms with van der Waals surface area (Å²) in [4.78, 5) is 42.7. The van der Waals surface area contributed by atoms with E-state index in [-0.39, 0.29) is 52.7 Å². The summed E-state index contributed by atoms with van der Waals surface area (Å²) in [6.45, 7) is 8.00. The third kappa shape index (κ3) is 4.03. The zero-order valence-corrected chi connectivity index (χ0v) is 18.6. The van der Waals surface area contributed by atoms with Crippen molar-refractivity contribution in [3.8, 4) is 0 Å². The number of Topliss-reactive ketones (excluding diaryl/α,β-unsaturated/α-hetero) is 1. The molecule has 0 aliphatic heterocycles. The highest BCUT2D eigenvalue weighted by Gasteiger charge is 2.59. The van der Waals surface area contributed by atoms with E-state index >= 15 is 0 Å². The van der Waals surface area contributed by atoms with Gasteiger partial charge in [-0.3, -0.25) is 9.59 Å². The van der Waals surface area contributed by atoms with Gasteiger partial charge in [-0.15, -0.1) is 0 Å². The standard InChI is InChI=1S/C22H33O6P/c1-5-14-9-16(23)6-7-21(14,3)17-10-15-8-13(2)20(19(25)12-28-29(26)27)22(15,4)11-18(17)24/h6-7,9,13,15,17-18,20,24,26-27H,5,8,10-12H2,1-4H3/t13-,15?,17?,18?,20?,21+,22+/m1/s1. The predicted molar refractivity (Wildman–Crippen MR) is 111 cm³/mol. The second-order valence-electron chi connectivity index (χ2n) is 9.54. The molecule has 7 heteroatoms. The van der Waals surface area contributed by atoms with Gasteiger partial charge in [0.05, 0.1) is 6.10 Å². The average molecular weight is 424 g/mol. The number of allylic oxidation sites excluding steroid dienone is 4. The first-order valence-corrected chi connectivity index (χ1v) is 11.6. The Balaban J connectivity index is 1.84. The molecule has 0 spiro atoms. The molecule has 0 aromatic heterocycles. The number of carbonyl (C=O) groups excluding carboxylic acids is 2. The molecule has 0 amide bonds. The smallest absolute Gasteiger partial charge is 0.327 e. The summed E-state index contributed by atoms with van der Waals surface area (Å²) < 4.78 is 4.80. The molecule has 0 heterocycles. The van der Waals surface area contributed by atoms with Crippen molar-refractivity contribution in [2.75, 3.05) is 6.61 Å². The molecule has 0 saturated heterocycles. The minimum absolute atomic E-state index is 0.00217. The number of aliphatic hydroxyl groups is 1. The summed E-state index contributed by atoms with van der Waals surface area (Å²) in [6, 6.07) is 0. The van der Waals surface area contributed by atoms with Gasteiger partial charge in [-0.25, -0.2) is 0 Å². The van der Waals surface area contributed by atoms with E-state index in [0.29, 0.717) is 6.42 Å². The van der Waals surface area contributed by atoms with Crippen LogP contribution in [0.2, 0.25) is 0 Å². The number of hydrogen-bond donors (Lipinski definition) is 3. The van der Waals surface area contributed by atoms with Gasteiger partial charge in [0.2, 0.25) is 0 Å². The summed E-state index contributed by atoms with van der Waals surface area (Å²) in [5.41, 5.74) is 0.356. The molecule has 4 unspecified atom stereocenters. The SMILES string of the molecule is CCC1=CC(=O)C=C[C@]1(C)C1CC2C[C@@H](C)C(C(=O)COP(O)O)[C@@]2(C)CC1O. The summed E-state index contributed by atoms with van der Waals surface area (Å²) in [7, 11) is -2.55. The number of ketones is 2. The average Bonchev–Trinajstić information content (AvgIpc) is 2.90. The molecule has 0 aromatic rings. The molecule has 162 valence electrons. The zero-order valence-electron chi connectivity index (χ0n) is 17.7. The van der Waals surface area contributed by atoms with E-state index in [2.05, 4.69) is 20.8 Å². The maximum absolute atomic E-state index is 12.8. The van der Waals surface area contributed by atoms with Crippen molar-refractivity contribution in [3.05, 3.63) is 23.8 Å². The van der Waals surface area contributed by atoms with Crippen molar-refractivity contribution in [1.29, 1.82) is 0 Å². The van der Waals surface area contributed by atoms with Crippen molar-refractivity contribution in [3.63, 3.8) is 0 Å². The van der Waals surface area contributed by atoms with Crippen LogP contribution < -0.4 is 0 Å². The van der Waals surface area contributed by atoms with Crippen LogP contribution in [0.5, 0.6) is 0 Å². The molecule has 29 heavy (non-hydrogen) atoms. The largest absolute Gasteiger partial charge is 0.393 e. The number of rotatable bonds is 6. The van der Waals surface area contributed by atoms with E-state index in [4.69, 9.17) is 14.3 Å². The topological polar surface area (TPSA) is 104 Å². The Morgan fingerprint density at radius 3 is 2.62 bits per heavy atom. The van der Waals surface area contributed by atoms with Crippen molar-refractivity contribution < 1.29 is 29.0 Å². The predicted octanol–water partition coefficient (Wildman–Crippen LogP) is 3.31. The van der Waals surface area contributed by atoms with Gasteiger partial charge < -0.3 is 19.4 Å². The molecule has 2 fully saturated rings. The molecule has 3 rings (SSSR count). The Morgan fingerprint density at radius 1 is 1.31 bits per heavy atom. The monoisotopic (exact) mass is 424 g/mol. The zero-order chi connectivity index (χ0) is 21.6. The van der Waals surface area contributed by atoms with Crippen LogP contribution in [0.1, 0.15) is 53.4 Å². The molecule has 3 N–H and O–H groups in total. The van der Waals surface area contributed by atoms with Crippen LogP contribution in [-0.4, -0.2) is 39.2 Å². The minimum atomic E-state index is -2.55. The van der Waals surface area contributed by atoms with Crippen molar-refractivity contribution >= 4 is 20.2 Å². The Morgan fingerprint density at radius 2 is 2.00 bits per heavy atom. The molecule has 3 aliphatic carbocycles. The quantitative estimate of drug-likeness (QED) is 0.565. The maximum atomic E-state index is 12.8. The third-order valence-electron chi connectivity index (χ3n) is 7.94. The first-order chi connectivity index (χ1) is 13.5. The van der Waals surface area contributed by atoms with Gasteiger partial charge in [-0.05, 0) is 61.0 Å². The fourth-order valence-corrected chi connectivity index (χ4v) is 6.84. The molecule has 3 aliphatic rings. The third-order valence-corrected chi connectivity index (χ3v) is 8.30. The number of carbonyl (C=O) groups is 2. The number of fused-ring (bicyclic) bond motifs is 1. The molecule has 7 atom stereocenters.